The van der Waals surface area contributed by atoms with E-state index in [1.54, 1.807) is 25.1 Å². The number of hydrogen-bond donors (Lipinski definition) is 3. The minimum Gasteiger partial charge on any atom is -0.497 e. The molecule has 4 N–H and O–H groups in total. The minimum atomic E-state index is -1.26. The van der Waals surface area contributed by atoms with Crippen LogP contribution in [0.3, 0.4) is 0 Å². The van der Waals surface area contributed by atoms with E-state index in [0.717, 1.165) is 16.7 Å². The molecule has 0 radical (unpaired) electrons. The summed E-state index contributed by atoms with van der Waals surface area (Å²) in [6, 6.07) is 25.3. The zero-order chi connectivity index (χ0) is 30.7. The number of ether oxygens (including phenoxy) is 4. The van der Waals surface area contributed by atoms with Crippen molar-refractivity contribution in [3.05, 3.63) is 108 Å². The number of hydrogen-bond acceptors (Lipinski definition) is 10. The van der Waals surface area contributed by atoms with Gasteiger partial charge in [0.1, 0.15) is 40.8 Å². The number of nitrogen functional groups attached to an aromatic ring is 1. The fourth-order valence-corrected chi connectivity index (χ4v) is 5.98. The van der Waals surface area contributed by atoms with Gasteiger partial charge in [0.2, 0.25) is 0 Å². The molecule has 11 nitrogen and oxygen atoms in total. The maximum Gasteiger partial charge on any atom is 0.167 e. The molecule has 11 heteroatoms. The molecular weight excluding hydrogens is 562 g/mol. The van der Waals surface area contributed by atoms with E-state index < -0.39 is 23.5 Å². The van der Waals surface area contributed by atoms with Crippen molar-refractivity contribution < 1.29 is 29.2 Å². The Labute approximate surface area is 254 Å². The number of aliphatic hydroxyl groups is 2. The van der Waals surface area contributed by atoms with Crippen molar-refractivity contribution in [2.24, 2.45) is 0 Å². The number of anilines is 1. The molecular formula is C33H35N5O6. The molecule has 3 heterocycles. The second-order valence-corrected chi connectivity index (χ2v) is 10.7. The Kier molecular flexibility index (Phi) is 8.19. The van der Waals surface area contributed by atoms with Crippen molar-refractivity contribution in [1.29, 1.82) is 0 Å². The lowest BCUT2D eigenvalue weighted by atomic mass is 9.79. The molecule has 0 bridgehead atoms. The summed E-state index contributed by atoms with van der Waals surface area (Å²) >= 11 is 0. The molecule has 2 aromatic heterocycles. The summed E-state index contributed by atoms with van der Waals surface area (Å²) in [5.74, 6) is 1.66. The van der Waals surface area contributed by atoms with Crippen LogP contribution < -0.4 is 15.2 Å². The van der Waals surface area contributed by atoms with Crippen LogP contribution in [-0.4, -0.2) is 68.9 Å². The van der Waals surface area contributed by atoms with E-state index in [0.29, 0.717) is 22.7 Å². The summed E-state index contributed by atoms with van der Waals surface area (Å²) in [5, 5.41) is 21.8. The lowest BCUT2D eigenvalue weighted by Gasteiger charge is -2.40. The van der Waals surface area contributed by atoms with Crippen molar-refractivity contribution >= 4 is 17.0 Å². The van der Waals surface area contributed by atoms with E-state index in [2.05, 4.69) is 15.0 Å². The maximum atomic E-state index is 11.6. The van der Waals surface area contributed by atoms with Crippen molar-refractivity contribution in [1.82, 2.24) is 19.5 Å². The number of imidazole rings is 1. The topological polar surface area (TPSA) is 147 Å². The van der Waals surface area contributed by atoms with E-state index in [4.69, 9.17) is 24.7 Å². The Hall–Kier alpha value is -4.55. The molecule has 3 aromatic carbocycles. The fraction of sp³-hybridized carbons (Fsp3) is 0.303. The van der Waals surface area contributed by atoms with Gasteiger partial charge in [-0.3, -0.25) is 4.57 Å². The average Bonchev–Trinajstić information content (AvgIpc) is 3.64. The highest BCUT2D eigenvalue weighted by atomic mass is 16.6. The third kappa shape index (κ3) is 5.13. The van der Waals surface area contributed by atoms with Crippen LogP contribution in [0.4, 0.5) is 5.82 Å². The van der Waals surface area contributed by atoms with Gasteiger partial charge in [-0.25, -0.2) is 15.0 Å². The zero-order valence-corrected chi connectivity index (χ0v) is 24.5. The van der Waals surface area contributed by atoms with E-state index in [1.165, 1.54) is 6.33 Å². The molecule has 3 atom stereocenters. The van der Waals surface area contributed by atoms with Crippen molar-refractivity contribution in [2.75, 3.05) is 33.2 Å². The predicted molar refractivity (Wildman–Crippen MR) is 163 cm³/mol. The van der Waals surface area contributed by atoms with Crippen LogP contribution in [0, 0.1) is 0 Å². The van der Waals surface area contributed by atoms with Gasteiger partial charge in [-0.1, -0.05) is 54.6 Å². The first-order valence-electron chi connectivity index (χ1n) is 14.3. The molecule has 44 heavy (non-hydrogen) atoms. The van der Waals surface area contributed by atoms with Crippen LogP contribution in [0.5, 0.6) is 11.5 Å². The first-order valence-corrected chi connectivity index (χ1v) is 14.3. The van der Waals surface area contributed by atoms with Gasteiger partial charge in [0.15, 0.2) is 11.5 Å². The predicted octanol–water partition coefficient (Wildman–Crippen LogP) is 3.84. The molecule has 1 saturated heterocycles. The van der Waals surface area contributed by atoms with Crippen molar-refractivity contribution in [3.8, 4) is 11.5 Å². The SMILES string of the molecule is COc1ccc(C(OC[C@@]2(CCO)O[C@@H](n3cnc4c(N)ncnc43)C[C@@H]2O)(c2ccccc2)c2ccc(OC)cc2)cc1. The zero-order valence-electron chi connectivity index (χ0n) is 24.5. The number of nitrogens with two attached hydrogens (primary N) is 1. The summed E-state index contributed by atoms with van der Waals surface area (Å²) in [7, 11) is 3.24. The van der Waals surface area contributed by atoms with Gasteiger partial charge in [0.05, 0.1) is 33.3 Å². The van der Waals surface area contributed by atoms with Crippen LogP contribution >= 0.6 is 0 Å². The summed E-state index contributed by atoms with van der Waals surface area (Å²) in [5.41, 5.74) is 7.10. The summed E-state index contributed by atoms with van der Waals surface area (Å²) < 4.78 is 26.3. The minimum absolute atomic E-state index is 0.0536. The highest BCUT2D eigenvalue weighted by Gasteiger charge is 2.51. The normalized spacial score (nSPS) is 20.2. The standard InChI is InChI=1S/C33H35N5O6/c1-41-25-12-8-23(9-13-25)33(22-6-4-3-5-7-22,24-10-14-26(42-2)15-11-24)43-19-32(16-17-39)27(40)18-28(44-32)38-21-37-29-30(34)35-20-36-31(29)38/h3-15,20-21,27-28,39-40H,16-19H2,1-2H3,(H2,34,35,36)/t27-,28+,32+/m0/s1. The smallest absolute Gasteiger partial charge is 0.167 e. The molecule has 0 aliphatic carbocycles. The molecule has 0 unspecified atom stereocenters. The van der Waals surface area contributed by atoms with Crippen molar-refractivity contribution in [2.45, 2.75) is 36.4 Å². The maximum absolute atomic E-state index is 11.6. The monoisotopic (exact) mass is 597 g/mol. The summed E-state index contributed by atoms with van der Waals surface area (Å²) in [6.45, 7) is -0.279. The molecule has 0 saturated carbocycles. The number of methoxy groups -OCH3 is 2. The third-order valence-corrected chi connectivity index (χ3v) is 8.34. The number of rotatable bonds is 11. The van der Waals surface area contributed by atoms with Gasteiger partial charge in [-0.15, -0.1) is 0 Å². The van der Waals surface area contributed by atoms with Gasteiger partial charge in [0, 0.05) is 19.4 Å². The number of fused-ring (bicyclic) bond motifs is 1. The Morgan fingerprint density at radius 2 is 1.52 bits per heavy atom. The van der Waals surface area contributed by atoms with Crippen LogP contribution in [0.1, 0.15) is 35.8 Å². The largest absolute Gasteiger partial charge is 0.497 e. The Morgan fingerprint density at radius 3 is 2.11 bits per heavy atom. The Morgan fingerprint density at radius 1 is 0.909 bits per heavy atom. The number of benzene rings is 3. The van der Waals surface area contributed by atoms with Crippen molar-refractivity contribution in [3.63, 3.8) is 0 Å². The highest BCUT2D eigenvalue weighted by Crippen LogP contribution is 2.46. The summed E-state index contributed by atoms with van der Waals surface area (Å²) in [4.78, 5) is 12.7. The van der Waals surface area contributed by atoms with Gasteiger partial charge < -0.3 is 34.9 Å². The Balaban J connectivity index is 1.44. The molecule has 228 valence electrons. The second-order valence-electron chi connectivity index (χ2n) is 10.7. The van der Waals surface area contributed by atoms with Crippen LogP contribution in [0.2, 0.25) is 0 Å². The van der Waals surface area contributed by atoms with Gasteiger partial charge in [-0.2, -0.15) is 0 Å². The van der Waals surface area contributed by atoms with Gasteiger partial charge in [0.25, 0.3) is 0 Å². The van der Waals surface area contributed by atoms with E-state index in [-0.39, 0.29) is 31.9 Å². The lowest BCUT2D eigenvalue weighted by molar-refractivity contribution is -0.166. The molecule has 0 amide bonds. The van der Waals surface area contributed by atoms with Crippen LogP contribution in [0.15, 0.2) is 91.5 Å². The molecule has 0 spiro atoms. The molecule has 6 rings (SSSR count). The summed E-state index contributed by atoms with van der Waals surface area (Å²) in [6.07, 6.45) is 1.69. The van der Waals surface area contributed by atoms with Gasteiger partial charge >= 0.3 is 0 Å². The third-order valence-electron chi connectivity index (χ3n) is 8.34. The lowest BCUT2D eigenvalue weighted by Crippen LogP contribution is -2.48. The number of aliphatic hydroxyl groups excluding tert-OH is 2. The quantitative estimate of drug-likeness (QED) is 0.192. The second kappa shape index (κ2) is 12.2. The highest BCUT2D eigenvalue weighted by molar-refractivity contribution is 5.81. The first kappa shape index (κ1) is 29.5. The molecule has 1 aliphatic rings. The van der Waals surface area contributed by atoms with E-state index >= 15 is 0 Å². The molecule has 1 fully saturated rings. The average molecular weight is 598 g/mol. The van der Waals surface area contributed by atoms with E-state index in [1.807, 2.05) is 78.9 Å². The van der Waals surface area contributed by atoms with Gasteiger partial charge in [-0.05, 0) is 41.0 Å². The van der Waals surface area contributed by atoms with E-state index in [9.17, 15) is 10.2 Å². The molecule has 1 aliphatic heterocycles. The fourth-order valence-electron chi connectivity index (χ4n) is 5.98. The van der Waals surface area contributed by atoms with Crippen LogP contribution in [-0.2, 0) is 15.1 Å². The first-order chi connectivity index (χ1) is 21.4. The number of nitrogens with zero attached hydrogens (tertiary/aromatic N) is 4. The number of aromatic nitrogens is 4. The molecule has 5 aromatic rings. The Bertz CT molecular complexity index is 1650. The van der Waals surface area contributed by atoms with Crippen LogP contribution in [0.25, 0.3) is 11.2 Å².